The molecule has 0 spiro atoms. The molecule has 3 heteroatoms. The van der Waals surface area contributed by atoms with Crippen molar-refractivity contribution in [1.29, 1.82) is 0 Å². The molecule has 0 saturated carbocycles. The van der Waals surface area contributed by atoms with Crippen molar-refractivity contribution in [3.63, 3.8) is 0 Å². The number of nitrogens with zero attached hydrogens (tertiary/aromatic N) is 1. The van der Waals surface area contributed by atoms with E-state index < -0.39 is 0 Å². The summed E-state index contributed by atoms with van der Waals surface area (Å²) in [6, 6.07) is 7.60. The first kappa shape index (κ1) is 10.7. The van der Waals surface area contributed by atoms with Crippen LogP contribution in [0.4, 0.5) is 0 Å². The Kier molecular flexibility index (Phi) is 3.65. The molecule has 0 fully saturated rings. The summed E-state index contributed by atoms with van der Waals surface area (Å²) in [4.78, 5) is 13.2. The predicted molar refractivity (Wildman–Crippen MR) is 57.2 cm³/mol. The van der Waals surface area contributed by atoms with Crippen molar-refractivity contribution < 1.29 is 4.79 Å². The molecule has 0 aliphatic rings. The van der Waals surface area contributed by atoms with Crippen LogP contribution in [-0.4, -0.2) is 31.4 Å². The topological polar surface area (TPSA) is 46.3 Å². The molecular weight excluding hydrogens is 176 g/mol. The molecule has 0 atom stereocenters. The highest BCUT2D eigenvalue weighted by atomic mass is 16.2. The zero-order valence-corrected chi connectivity index (χ0v) is 8.66. The van der Waals surface area contributed by atoms with E-state index in [4.69, 9.17) is 5.73 Å². The normalized spacial score (nSPS) is 9.93. The third-order valence-corrected chi connectivity index (χ3v) is 2.01. The van der Waals surface area contributed by atoms with E-state index in [1.165, 1.54) is 0 Å². The van der Waals surface area contributed by atoms with Gasteiger partial charge in [0.2, 0.25) is 0 Å². The summed E-state index contributed by atoms with van der Waals surface area (Å²) in [6.45, 7) is 0.611. The highest BCUT2D eigenvalue weighted by molar-refractivity contribution is 5.94. The number of carbonyl (C=O) groups excluding carboxylic acids is 1. The molecule has 1 aromatic rings. The lowest BCUT2D eigenvalue weighted by Gasteiger charge is -2.10. The van der Waals surface area contributed by atoms with Crippen LogP contribution in [0.3, 0.4) is 0 Å². The van der Waals surface area contributed by atoms with Crippen LogP contribution in [0.2, 0.25) is 0 Å². The molecular formula is C11H16N2O. The van der Waals surface area contributed by atoms with Crippen LogP contribution in [0.5, 0.6) is 0 Å². The van der Waals surface area contributed by atoms with E-state index in [0.717, 1.165) is 17.5 Å². The van der Waals surface area contributed by atoms with Crippen molar-refractivity contribution in [1.82, 2.24) is 4.90 Å². The Hall–Kier alpha value is -1.35. The average molecular weight is 192 g/mol. The maximum Gasteiger partial charge on any atom is 0.253 e. The van der Waals surface area contributed by atoms with Crippen molar-refractivity contribution >= 4 is 5.91 Å². The summed E-state index contributed by atoms with van der Waals surface area (Å²) in [6.07, 6.45) is 0.814. The van der Waals surface area contributed by atoms with Gasteiger partial charge in [0.25, 0.3) is 5.91 Å². The van der Waals surface area contributed by atoms with Gasteiger partial charge in [-0.1, -0.05) is 12.1 Å². The summed E-state index contributed by atoms with van der Waals surface area (Å²) >= 11 is 0. The minimum Gasteiger partial charge on any atom is -0.345 e. The van der Waals surface area contributed by atoms with Gasteiger partial charge in [-0.05, 0) is 30.7 Å². The molecule has 0 saturated heterocycles. The summed E-state index contributed by atoms with van der Waals surface area (Å²) in [7, 11) is 3.50. The Balaban J connectivity index is 2.88. The van der Waals surface area contributed by atoms with E-state index in [-0.39, 0.29) is 5.91 Å². The molecule has 0 unspecified atom stereocenters. The predicted octanol–water partition coefficient (Wildman–Crippen LogP) is 0.890. The van der Waals surface area contributed by atoms with Crippen LogP contribution >= 0.6 is 0 Å². The van der Waals surface area contributed by atoms with Gasteiger partial charge in [-0.15, -0.1) is 0 Å². The van der Waals surface area contributed by atoms with Gasteiger partial charge in [0, 0.05) is 19.7 Å². The van der Waals surface area contributed by atoms with E-state index in [2.05, 4.69) is 0 Å². The van der Waals surface area contributed by atoms with Crippen LogP contribution in [0.1, 0.15) is 15.9 Å². The highest BCUT2D eigenvalue weighted by Crippen LogP contribution is 2.07. The van der Waals surface area contributed by atoms with Crippen molar-refractivity contribution in [2.75, 3.05) is 20.6 Å². The maximum absolute atomic E-state index is 11.6. The smallest absolute Gasteiger partial charge is 0.253 e. The Morgan fingerprint density at radius 2 is 2.14 bits per heavy atom. The zero-order chi connectivity index (χ0) is 10.6. The van der Waals surface area contributed by atoms with Gasteiger partial charge in [-0.25, -0.2) is 0 Å². The summed E-state index contributed by atoms with van der Waals surface area (Å²) in [5, 5.41) is 0. The van der Waals surface area contributed by atoms with Gasteiger partial charge in [0.15, 0.2) is 0 Å². The Bertz CT molecular complexity index is 321. The van der Waals surface area contributed by atoms with E-state index >= 15 is 0 Å². The molecule has 0 aliphatic heterocycles. The van der Waals surface area contributed by atoms with E-state index in [0.29, 0.717) is 6.54 Å². The Labute approximate surface area is 84.5 Å². The first-order valence-electron chi connectivity index (χ1n) is 4.66. The van der Waals surface area contributed by atoms with Gasteiger partial charge in [0.05, 0.1) is 0 Å². The van der Waals surface area contributed by atoms with Gasteiger partial charge in [-0.3, -0.25) is 4.79 Å². The van der Waals surface area contributed by atoms with Crippen LogP contribution in [-0.2, 0) is 6.42 Å². The van der Waals surface area contributed by atoms with Crippen molar-refractivity contribution in [3.05, 3.63) is 35.4 Å². The minimum absolute atomic E-state index is 0.0314. The number of benzene rings is 1. The second-order valence-electron chi connectivity index (χ2n) is 3.44. The minimum atomic E-state index is 0.0314. The molecule has 1 aromatic carbocycles. The molecule has 3 nitrogen and oxygen atoms in total. The number of amides is 1. The quantitative estimate of drug-likeness (QED) is 0.773. The fourth-order valence-corrected chi connectivity index (χ4v) is 1.28. The standard InChI is InChI=1S/C11H16N2O/c1-13(2)11(14)10-5-3-4-9(8-10)6-7-12/h3-5,8H,6-7,12H2,1-2H3. The molecule has 14 heavy (non-hydrogen) atoms. The lowest BCUT2D eigenvalue weighted by atomic mass is 10.1. The van der Waals surface area contributed by atoms with Gasteiger partial charge >= 0.3 is 0 Å². The monoisotopic (exact) mass is 192 g/mol. The van der Waals surface area contributed by atoms with Crippen LogP contribution in [0.15, 0.2) is 24.3 Å². The number of hydrogen-bond acceptors (Lipinski definition) is 2. The molecule has 2 N–H and O–H groups in total. The van der Waals surface area contributed by atoms with Crippen molar-refractivity contribution in [2.45, 2.75) is 6.42 Å². The zero-order valence-electron chi connectivity index (χ0n) is 8.66. The van der Waals surface area contributed by atoms with E-state index in [1.54, 1.807) is 19.0 Å². The molecule has 76 valence electrons. The molecule has 0 heterocycles. The third-order valence-electron chi connectivity index (χ3n) is 2.01. The van der Waals surface area contributed by atoms with Crippen molar-refractivity contribution in [2.24, 2.45) is 5.73 Å². The summed E-state index contributed by atoms with van der Waals surface area (Å²) < 4.78 is 0. The number of carbonyl (C=O) groups is 1. The van der Waals surface area contributed by atoms with Crippen molar-refractivity contribution in [3.8, 4) is 0 Å². The van der Waals surface area contributed by atoms with Gasteiger partial charge in [0.1, 0.15) is 0 Å². The molecule has 0 aliphatic carbocycles. The third kappa shape index (κ3) is 2.57. The Morgan fingerprint density at radius 3 is 2.71 bits per heavy atom. The molecule has 0 bridgehead atoms. The number of hydrogen-bond donors (Lipinski definition) is 1. The summed E-state index contributed by atoms with van der Waals surface area (Å²) in [5.41, 5.74) is 7.29. The first-order chi connectivity index (χ1) is 6.65. The second kappa shape index (κ2) is 4.77. The van der Waals surface area contributed by atoms with E-state index in [9.17, 15) is 4.79 Å². The molecule has 0 radical (unpaired) electrons. The number of rotatable bonds is 3. The fraction of sp³-hybridized carbons (Fsp3) is 0.364. The van der Waals surface area contributed by atoms with Crippen LogP contribution in [0, 0.1) is 0 Å². The Morgan fingerprint density at radius 1 is 1.43 bits per heavy atom. The summed E-state index contributed by atoms with van der Waals surface area (Å²) in [5.74, 6) is 0.0314. The highest BCUT2D eigenvalue weighted by Gasteiger charge is 2.07. The fourth-order valence-electron chi connectivity index (χ4n) is 1.28. The lowest BCUT2D eigenvalue weighted by molar-refractivity contribution is 0.0827. The van der Waals surface area contributed by atoms with Crippen LogP contribution < -0.4 is 5.73 Å². The van der Waals surface area contributed by atoms with Gasteiger partial charge < -0.3 is 10.6 Å². The maximum atomic E-state index is 11.6. The second-order valence-corrected chi connectivity index (χ2v) is 3.44. The lowest BCUT2D eigenvalue weighted by Crippen LogP contribution is -2.21. The van der Waals surface area contributed by atoms with Gasteiger partial charge in [-0.2, -0.15) is 0 Å². The number of nitrogens with two attached hydrogens (primary N) is 1. The molecule has 1 amide bonds. The molecule has 1 rings (SSSR count). The molecule has 0 aromatic heterocycles. The first-order valence-corrected chi connectivity index (χ1v) is 4.66. The SMILES string of the molecule is CN(C)C(=O)c1cccc(CCN)c1. The van der Waals surface area contributed by atoms with Crippen LogP contribution in [0.25, 0.3) is 0 Å². The average Bonchev–Trinajstić information content (AvgIpc) is 2.17. The van der Waals surface area contributed by atoms with E-state index in [1.807, 2.05) is 24.3 Å². The largest absolute Gasteiger partial charge is 0.345 e.